The predicted octanol–water partition coefficient (Wildman–Crippen LogP) is 3.15. The average molecular weight is 245 g/mol. The van der Waals surface area contributed by atoms with E-state index in [1.54, 1.807) is 24.3 Å². The average Bonchev–Trinajstić information content (AvgIpc) is 2.41. The van der Waals surface area contributed by atoms with Crippen molar-refractivity contribution in [2.45, 2.75) is 0 Å². The number of phenolic OH excluding ortho intramolecular Hbond substituents is 1. The number of rotatable bonds is 2. The lowest BCUT2D eigenvalue weighted by molar-refractivity contribution is 0.373. The van der Waals surface area contributed by atoms with Crippen LogP contribution in [0.2, 0.25) is 0 Å². The summed E-state index contributed by atoms with van der Waals surface area (Å²) in [6.07, 6.45) is 0. The van der Waals surface area contributed by atoms with E-state index in [1.165, 1.54) is 12.8 Å². The van der Waals surface area contributed by atoms with Crippen LogP contribution in [0.1, 0.15) is 0 Å². The number of aromatic hydroxyl groups is 1. The van der Waals surface area contributed by atoms with Crippen molar-refractivity contribution in [1.29, 1.82) is 0 Å². The van der Waals surface area contributed by atoms with Crippen molar-refractivity contribution >= 4 is 5.69 Å². The van der Waals surface area contributed by atoms with Crippen molar-refractivity contribution in [3.05, 3.63) is 54.6 Å². The van der Waals surface area contributed by atoms with E-state index in [0.717, 1.165) is 0 Å². The summed E-state index contributed by atoms with van der Waals surface area (Å²) < 4.78 is 4.79. The lowest BCUT2D eigenvalue weighted by Crippen LogP contribution is -2.07. The second kappa shape index (κ2) is 7.22. The first-order valence-corrected chi connectivity index (χ1v) is 5.69. The first-order chi connectivity index (χ1) is 8.65. The third-order valence-corrected chi connectivity index (χ3v) is 2.36. The van der Waals surface area contributed by atoms with Crippen molar-refractivity contribution in [1.82, 2.24) is 0 Å². The number of anilines is 1. The Balaban J connectivity index is 0.000000180. The molecule has 0 heterocycles. The van der Waals surface area contributed by atoms with Gasteiger partial charge in [0.25, 0.3) is 0 Å². The summed E-state index contributed by atoms with van der Waals surface area (Å²) in [5, 5.41) is 8.99. The van der Waals surface area contributed by atoms with Crippen LogP contribution in [-0.4, -0.2) is 26.3 Å². The van der Waals surface area contributed by atoms with E-state index in [4.69, 9.17) is 9.84 Å². The van der Waals surface area contributed by atoms with Crippen LogP contribution >= 0.6 is 0 Å². The number of methoxy groups -OCH3 is 1. The minimum Gasteiger partial charge on any atom is -0.504 e. The molecule has 0 saturated carbocycles. The largest absolute Gasteiger partial charge is 0.504 e. The number of para-hydroxylation sites is 3. The van der Waals surface area contributed by atoms with Crippen LogP contribution in [0.5, 0.6) is 11.5 Å². The summed E-state index contributed by atoms with van der Waals surface area (Å²) in [6.45, 7) is 0. The Bertz CT molecular complexity index is 455. The molecule has 0 amide bonds. The Labute approximate surface area is 108 Å². The van der Waals surface area contributed by atoms with E-state index in [2.05, 4.69) is 17.0 Å². The molecule has 0 atom stereocenters. The molecule has 2 aromatic rings. The summed E-state index contributed by atoms with van der Waals surface area (Å²) in [6, 6.07) is 17.1. The highest BCUT2D eigenvalue weighted by atomic mass is 16.5. The fraction of sp³-hybridized carbons (Fsp3) is 0.200. The molecule has 18 heavy (non-hydrogen) atoms. The predicted molar refractivity (Wildman–Crippen MR) is 75.4 cm³/mol. The Kier molecular flexibility index (Phi) is 5.58. The Morgan fingerprint density at radius 1 is 0.889 bits per heavy atom. The molecule has 0 aliphatic heterocycles. The summed E-state index contributed by atoms with van der Waals surface area (Å²) in [4.78, 5) is 2.08. The second-order valence-electron chi connectivity index (χ2n) is 3.90. The van der Waals surface area contributed by atoms with Crippen LogP contribution in [0.4, 0.5) is 5.69 Å². The van der Waals surface area contributed by atoms with Crippen molar-refractivity contribution in [3.63, 3.8) is 0 Å². The standard InChI is InChI=1S/C8H11N.C7H8O2/c1-9(2)8-6-4-3-5-7-8;1-9-7-5-3-2-4-6(7)8/h3-7H,1-2H3;2-5,8H,1H3. The maximum absolute atomic E-state index is 8.99. The molecule has 0 fully saturated rings. The number of hydrogen-bond donors (Lipinski definition) is 1. The highest BCUT2D eigenvalue weighted by molar-refractivity contribution is 5.43. The van der Waals surface area contributed by atoms with Crippen molar-refractivity contribution in [3.8, 4) is 11.5 Å². The van der Waals surface area contributed by atoms with Crippen LogP contribution in [0.15, 0.2) is 54.6 Å². The number of nitrogens with zero attached hydrogens (tertiary/aromatic N) is 1. The van der Waals surface area contributed by atoms with Crippen molar-refractivity contribution in [2.24, 2.45) is 0 Å². The molecule has 0 aromatic heterocycles. The highest BCUT2D eigenvalue weighted by Gasteiger charge is 1.94. The minimum absolute atomic E-state index is 0.181. The van der Waals surface area contributed by atoms with Gasteiger partial charge in [-0.2, -0.15) is 0 Å². The van der Waals surface area contributed by atoms with Crippen molar-refractivity contribution < 1.29 is 9.84 Å². The van der Waals surface area contributed by atoms with Gasteiger partial charge in [-0.15, -0.1) is 0 Å². The van der Waals surface area contributed by atoms with Crippen molar-refractivity contribution in [2.75, 3.05) is 26.1 Å². The molecule has 96 valence electrons. The molecule has 0 radical (unpaired) electrons. The molecule has 1 N–H and O–H groups in total. The third kappa shape index (κ3) is 4.37. The molecule has 0 unspecified atom stereocenters. The Hall–Kier alpha value is -2.16. The van der Waals surface area contributed by atoms with Gasteiger partial charge in [0, 0.05) is 19.8 Å². The fourth-order valence-electron chi connectivity index (χ4n) is 1.36. The molecule has 2 rings (SSSR count). The number of hydrogen-bond acceptors (Lipinski definition) is 3. The third-order valence-electron chi connectivity index (χ3n) is 2.36. The maximum atomic E-state index is 8.99. The first-order valence-electron chi connectivity index (χ1n) is 5.69. The molecule has 0 saturated heterocycles. The zero-order valence-electron chi connectivity index (χ0n) is 11.0. The number of phenols is 1. The topological polar surface area (TPSA) is 32.7 Å². The molecule has 0 aliphatic carbocycles. The zero-order valence-corrected chi connectivity index (χ0v) is 11.0. The van der Waals surface area contributed by atoms with Gasteiger partial charge in [-0.1, -0.05) is 30.3 Å². The SMILES string of the molecule is CN(C)c1ccccc1.COc1ccccc1O. The quantitative estimate of drug-likeness (QED) is 0.882. The van der Waals surface area contributed by atoms with Gasteiger partial charge in [-0.05, 0) is 24.3 Å². The van der Waals surface area contributed by atoms with Gasteiger partial charge >= 0.3 is 0 Å². The van der Waals surface area contributed by atoms with Gasteiger partial charge in [0.05, 0.1) is 7.11 Å². The van der Waals surface area contributed by atoms with E-state index in [1.807, 2.05) is 32.3 Å². The van der Waals surface area contributed by atoms with Crippen LogP contribution in [0.25, 0.3) is 0 Å². The molecule has 0 bridgehead atoms. The Morgan fingerprint density at radius 3 is 1.83 bits per heavy atom. The summed E-state index contributed by atoms with van der Waals surface area (Å²) in [5.74, 6) is 0.692. The van der Waals surface area contributed by atoms with Gasteiger partial charge in [0.2, 0.25) is 0 Å². The summed E-state index contributed by atoms with van der Waals surface area (Å²) >= 11 is 0. The normalized spacial score (nSPS) is 9.06. The molecular formula is C15H19NO2. The van der Waals surface area contributed by atoms with Crippen LogP contribution in [0, 0.1) is 0 Å². The molecule has 3 heteroatoms. The summed E-state index contributed by atoms with van der Waals surface area (Å²) in [5.41, 5.74) is 1.25. The Morgan fingerprint density at radius 2 is 1.44 bits per heavy atom. The second-order valence-corrected chi connectivity index (χ2v) is 3.90. The summed E-state index contributed by atoms with van der Waals surface area (Å²) in [7, 11) is 5.60. The minimum atomic E-state index is 0.181. The molecule has 0 spiro atoms. The number of benzene rings is 2. The molecule has 0 aliphatic rings. The first kappa shape index (κ1) is 13.9. The van der Waals surface area contributed by atoms with E-state index >= 15 is 0 Å². The maximum Gasteiger partial charge on any atom is 0.160 e. The lowest BCUT2D eigenvalue weighted by Gasteiger charge is -2.10. The van der Waals surface area contributed by atoms with E-state index in [0.29, 0.717) is 5.75 Å². The monoisotopic (exact) mass is 245 g/mol. The van der Waals surface area contributed by atoms with Crippen LogP contribution < -0.4 is 9.64 Å². The van der Waals surface area contributed by atoms with Gasteiger partial charge < -0.3 is 14.7 Å². The molecule has 3 nitrogen and oxygen atoms in total. The van der Waals surface area contributed by atoms with Crippen LogP contribution in [-0.2, 0) is 0 Å². The zero-order chi connectivity index (χ0) is 13.4. The fourth-order valence-corrected chi connectivity index (χ4v) is 1.36. The molecular weight excluding hydrogens is 226 g/mol. The van der Waals surface area contributed by atoms with Gasteiger partial charge in [-0.3, -0.25) is 0 Å². The smallest absolute Gasteiger partial charge is 0.160 e. The van der Waals surface area contributed by atoms with E-state index < -0.39 is 0 Å². The molecule has 2 aromatic carbocycles. The number of ether oxygens (including phenoxy) is 1. The van der Waals surface area contributed by atoms with E-state index in [9.17, 15) is 0 Å². The van der Waals surface area contributed by atoms with Gasteiger partial charge in [-0.25, -0.2) is 0 Å². The van der Waals surface area contributed by atoms with Gasteiger partial charge in [0.15, 0.2) is 11.5 Å². The van der Waals surface area contributed by atoms with E-state index in [-0.39, 0.29) is 5.75 Å². The lowest BCUT2D eigenvalue weighted by atomic mass is 10.3. The van der Waals surface area contributed by atoms with Gasteiger partial charge in [0.1, 0.15) is 0 Å². The van der Waals surface area contributed by atoms with Crippen LogP contribution in [0.3, 0.4) is 0 Å². The highest BCUT2D eigenvalue weighted by Crippen LogP contribution is 2.23.